The number of unbranched alkanes of at least 4 members (excludes halogenated alkanes) is 5. The van der Waals surface area contributed by atoms with Crippen LogP contribution in [-0.2, 0) is 4.79 Å². The van der Waals surface area contributed by atoms with Gasteiger partial charge < -0.3 is 10.2 Å². The summed E-state index contributed by atoms with van der Waals surface area (Å²) in [5.41, 5.74) is 0. The maximum absolute atomic E-state index is 11.8. The summed E-state index contributed by atoms with van der Waals surface area (Å²) in [6, 6.07) is 0. The first-order valence-corrected chi connectivity index (χ1v) is 8.83. The van der Waals surface area contributed by atoms with Crippen molar-refractivity contribution in [3.05, 3.63) is 0 Å². The third-order valence-corrected chi connectivity index (χ3v) is 4.16. The summed E-state index contributed by atoms with van der Waals surface area (Å²) in [5.74, 6) is 0.381. The van der Waals surface area contributed by atoms with E-state index in [1.54, 1.807) is 0 Å². The second kappa shape index (κ2) is 12.2. The van der Waals surface area contributed by atoms with Crippen LogP contribution in [0.5, 0.6) is 0 Å². The molecule has 0 atom stereocenters. The maximum Gasteiger partial charge on any atom is 0.222 e. The molecule has 0 spiro atoms. The molecule has 1 N–H and O–H groups in total. The van der Waals surface area contributed by atoms with Crippen molar-refractivity contribution in [1.29, 1.82) is 0 Å². The highest BCUT2D eigenvalue weighted by atomic mass is 16.2. The fraction of sp³-hybridized carbons (Fsp3) is 0.941. The maximum atomic E-state index is 11.8. The van der Waals surface area contributed by atoms with Crippen molar-refractivity contribution in [1.82, 2.24) is 10.2 Å². The number of rotatable bonds is 11. The predicted octanol–water partition coefficient (Wildman–Crippen LogP) is 3.73. The average Bonchev–Trinajstić information content (AvgIpc) is 2.66. The topological polar surface area (TPSA) is 32.3 Å². The second-order valence-corrected chi connectivity index (χ2v) is 6.06. The lowest BCUT2D eigenvalue weighted by molar-refractivity contribution is -0.130. The summed E-state index contributed by atoms with van der Waals surface area (Å²) in [4.78, 5) is 13.9. The van der Waals surface area contributed by atoms with E-state index in [-0.39, 0.29) is 0 Å². The van der Waals surface area contributed by atoms with Gasteiger partial charge in [0.05, 0.1) is 0 Å². The third kappa shape index (κ3) is 8.57. The Morgan fingerprint density at radius 2 is 1.70 bits per heavy atom. The van der Waals surface area contributed by atoms with Crippen LogP contribution >= 0.6 is 0 Å². The molecule has 20 heavy (non-hydrogen) atoms. The SMILES string of the molecule is CCCCCCCNCCCCN1CCCCCC1=O. The number of hydrogen-bond donors (Lipinski definition) is 1. The molecule has 1 saturated heterocycles. The molecular weight excluding hydrogens is 248 g/mol. The van der Waals surface area contributed by atoms with Crippen LogP contribution in [0.2, 0.25) is 0 Å². The minimum absolute atomic E-state index is 0.381. The molecule has 0 unspecified atom stereocenters. The number of carbonyl (C=O) groups excluding carboxylic acids is 1. The standard InChI is InChI=1S/C17H34N2O/c1-2-3-4-5-8-13-18-14-9-11-16-19-15-10-6-7-12-17(19)20/h18H,2-16H2,1H3. The van der Waals surface area contributed by atoms with Crippen LogP contribution in [0, 0.1) is 0 Å². The van der Waals surface area contributed by atoms with E-state index in [0.29, 0.717) is 5.91 Å². The van der Waals surface area contributed by atoms with E-state index in [9.17, 15) is 4.79 Å². The van der Waals surface area contributed by atoms with Crippen molar-refractivity contribution in [3.8, 4) is 0 Å². The van der Waals surface area contributed by atoms with Gasteiger partial charge in [-0.05, 0) is 45.2 Å². The molecule has 0 bridgehead atoms. The minimum atomic E-state index is 0.381. The number of hydrogen-bond acceptors (Lipinski definition) is 2. The second-order valence-electron chi connectivity index (χ2n) is 6.06. The Labute approximate surface area is 125 Å². The van der Waals surface area contributed by atoms with Gasteiger partial charge in [0, 0.05) is 19.5 Å². The highest BCUT2D eigenvalue weighted by Gasteiger charge is 2.15. The molecule has 0 aromatic heterocycles. The Balaban J connectivity index is 1.87. The lowest BCUT2D eigenvalue weighted by Crippen LogP contribution is -2.31. The van der Waals surface area contributed by atoms with Gasteiger partial charge in [-0.25, -0.2) is 0 Å². The van der Waals surface area contributed by atoms with Crippen molar-refractivity contribution in [2.24, 2.45) is 0 Å². The van der Waals surface area contributed by atoms with Crippen LogP contribution in [0.25, 0.3) is 0 Å². The lowest BCUT2D eigenvalue weighted by atomic mass is 10.1. The van der Waals surface area contributed by atoms with Gasteiger partial charge in [-0.1, -0.05) is 39.0 Å². The fourth-order valence-electron chi connectivity index (χ4n) is 2.81. The van der Waals surface area contributed by atoms with Gasteiger partial charge in [-0.15, -0.1) is 0 Å². The first-order chi connectivity index (χ1) is 9.84. The summed E-state index contributed by atoms with van der Waals surface area (Å²) in [6.07, 6.45) is 13.4. The lowest BCUT2D eigenvalue weighted by Gasteiger charge is -2.20. The normalized spacial score (nSPS) is 16.4. The summed E-state index contributed by atoms with van der Waals surface area (Å²) in [6.45, 7) is 6.48. The number of carbonyl (C=O) groups is 1. The Bertz CT molecular complexity index is 243. The molecule has 1 fully saturated rings. The first-order valence-electron chi connectivity index (χ1n) is 8.83. The molecule has 1 aliphatic heterocycles. The number of nitrogens with zero attached hydrogens (tertiary/aromatic N) is 1. The summed E-state index contributed by atoms with van der Waals surface area (Å²) in [7, 11) is 0. The van der Waals surface area contributed by atoms with Crippen LogP contribution in [0.3, 0.4) is 0 Å². The van der Waals surface area contributed by atoms with Crippen LogP contribution in [0.4, 0.5) is 0 Å². The van der Waals surface area contributed by atoms with Crippen molar-refractivity contribution in [3.63, 3.8) is 0 Å². The van der Waals surface area contributed by atoms with Gasteiger partial charge in [0.2, 0.25) is 5.91 Å². The summed E-state index contributed by atoms with van der Waals surface area (Å²) >= 11 is 0. The molecule has 1 heterocycles. The smallest absolute Gasteiger partial charge is 0.222 e. The number of likely N-dealkylation sites (tertiary alicyclic amines) is 1. The Morgan fingerprint density at radius 1 is 0.950 bits per heavy atom. The average molecular weight is 282 g/mol. The van der Waals surface area contributed by atoms with Crippen molar-refractivity contribution < 1.29 is 4.79 Å². The van der Waals surface area contributed by atoms with E-state index < -0.39 is 0 Å². The number of nitrogens with one attached hydrogen (secondary N) is 1. The van der Waals surface area contributed by atoms with E-state index in [0.717, 1.165) is 45.4 Å². The molecule has 0 aliphatic carbocycles. The highest BCUT2D eigenvalue weighted by Crippen LogP contribution is 2.11. The molecule has 1 aliphatic rings. The van der Waals surface area contributed by atoms with E-state index in [1.807, 2.05) is 0 Å². The number of amides is 1. The molecule has 3 nitrogen and oxygen atoms in total. The quantitative estimate of drug-likeness (QED) is 0.586. The highest BCUT2D eigenvalue weighted by molar-refractivity contribution is 5.76. The monoisotopic (exact) mass is 282 g/mol. The molecule has 1 amide bonds. The van der Waals surface area contributed by atoms with Gasteiger partial charge in [-0.3, -0.25) is 4.79 Å². The largest absolute Gasteiger partial charge is 0.343 e. The molecule has 3 heteroatoms. The molecular formula is C17H34N2O. The van der Waals surface area contributed by atoms with Crippen LogP contribution in [0.1, 0.15) is 77.6 Å². The van der Waals surface area contributed by atoms with E-state index in [4.69, 9.17) is 0 Å². The zero-order valence-electron chi connectivity index (χ0n) is 13.5. The molecule has 1 rings (SSSR count). The predicted molar refractivity (Wildman–Crippen MR) is 85.9 cm³/mol. The Hall–Kier alpha value is -0.570. The molecule has 0 aromatic rings. The van der Waals surface area contributed by atoms with Crippen molar-refractivity contribution in [2.45, 2.75) is 77.6 Å². The molecule has 0 radical (unpaired) electrons. The zero-order valence-corrected chi connectivity index (χ0v) is 13.5. The summed E-state index contributed by atoms with van der Waals surface area (Å²) in [5, 5.41) is 3.52. The van der Waals surface area contributed by atoms with Gasteiger partial charge in [0.25, 0.3) is 0 Å². The van der Waals surface area contributed by atoms with Gasteiger partial charge >= 0.3 is 0 Å². The van der Waals surface area contributed by atoms with Crippen LogP contribution < -0.4 is 5.32 Å². The molecule has 0 aromatic carbocycles. The van der Waals surface area contributed by atoms with Gasteiger partial charge in [0.15, 0.2) is 0 Å². The summed E-state index contributed by atoms with van der Waals surface area (Å²) < 4.78 is 0. The minimum Gasteiger partial charge on any atom is -0.343 e. The van der Waals surface area contributed by atoms with E-state index >= 15 is 0 Å². The van der Waals surface area contributed by atoms with Crippen LogP contribution in [0.15, 0.2) is 0 Å². The van der Waals surface area contributed by atoms with Gasteiger partial charge in [-0.2, -0.15) is 0 Å². The zero-order chi connectivity index (χ0) is 14.5. The Kier molecular flexibility index (Phi) is 10.7. The van der Waals surface area contributed by atoms with E-state index in [1.165, 1.54) is 51.4 Å². The first kappa shape index (κ1) is 17.5. The third-order valence-electron chi connectivity index (χ3n) is 4.16. The van der Waals surface area contributed by atoms with Crippen LogP contribution in [-0.4, -0.2) is 37.0 Å². The molecule has 118 valence electrons. The van der Waals surface area contributed by atoms with Crippen molar-refractivity contribution in [2.75, 3.05) is 26.2 Å². The Morgan fingerprint density at radius 3 is 2.50 bits per heavy atom. The molecule has 0 saturated carbocycles. The van der Waals surface area contributed by atoms with Crippen molar-refractivity contribution >= 4 is 5.91 Å². The fourth-order valence-corrected chi connectivity index (χ4v) is 2.81. The van der Waals surface area contributed by atoms with E-state index in [2.05, 4.69) is 17.1 Å². The van der Waals surface area contributed by atoms with Gasteiger partial charge in [0.1, 0.15) is 0 Å².